The summed E-state index contributed by atoms with van der Waals surface area (Å²) < 4.78 is 25.5. The van der Waals surface area contributed by atoms with Crippen molar-refractivity contribution in [1.29, 1.82) is 0 Å². The minimum absolute atomic E-state index is 0.152. The van der Waals surface area contributed by atoms with Crippen molar-refractivity contribution in [1.82, 2.24) is 10.2 Å². The Kier molecular flexibility index (Phi) is 6.77. The molecule has 80 valence electrons. The molecule has 1 aromatic heterocycles. The molecule has 0 aliphatic carbocycles. The number of nitrogens with zero attached hydrogens (tertiary/aromatic N) is 3. The predicted octanol–water partition coefficient (Wildman–Crippen LogP) is -0.0393. The molecule has 10 heteroatoms. The van der Waals surface area contributed by atoms with Gasteiger partial charge in [-0.25, -0.2) is 9.59 Å². The summed E-state index contributed by atoms with van der Waals surface area (Å²) in [5.41, 5.74) is 0. The summed E-state index contributed by atoms with van der Waals surface area (Å²) in [7, 11) is -4.16. The number of rotatable bonds is 3. The molecule has 1 aromatic rings. The molecule has 0 saturated carbocycles. The zero-order valence-electron chi connectivity index (χ0n) is 7.02. The second kappa shape index (κ2) is 7.65. The van der Waals surface area contributed by atoms with Crippen molar-refractivity contribution in [2.75, 3.05) is 0 Å². The van der Waals surface area contributed by atoms with E-state index in [-0.39, 0.29) is 11.0 Å². The number of nitrogens with one attached hydrogen (secondary N) is 1. The van der Waals surface area contributed by atoms with E-state index in [0.717, 1.165) is 12.2 Å². The fraction of sp³-hybridized carbons (Fsp3) is 0. The molecule has 0 radical (unpaired) electrons. The highest BCUT2D eigenvalue weighted by atomic mass is 33.1. The summed E-state index contributed by atoms with van der Waals surface area (Å²) in [6.45, 7) is 0. The molecule has 1 heterocycles. The zero-order chi connectivity index (χ0) is 11.6. The monoisotopic (exact) mass is 248 g/mol. The van der Waals surface area contributed by atoms with Gasteiger partial charge in [-0.15, -0.1) is 4.40 Å². The van der Waals surface area contributed by atoms with Crippen molar-refractivity contribution in [3.63, 3.8) is 0 Å². The van der Waals surface area contributed by atoms with E-state index in [9.17, 15) is 18.0 Å². The van der Waals surface area contributed by atoms with Gasteiger partial charge in [0, 0.05) is 12.4 Å². The number of aromatic nitrogens is 2. The van der Waals surface area contributed by atoms with Gasteiger partial charge < -0.3 is 0 Å². The highest BCUT2D eigenvalue weighted by molar-refractivity contribution is 8.71. The van der Waals surface area contributed by atoms with Crippen LogP contribution in [0.4, 0.5) is 0 Å². The van der Waals surface area contributed by atoms with Gasteiger partial charge in [-0.05, 0) is 6.07 Å². The van der Waals surface area contributed by atoms with E-state index < -0.39 is 9.06 Å². The lowest BCUT2D eigenvalue weighted by molar-refractivity contribution is 0.564. The molecule has 8 nitrogen and oxygen atoms in total. The third-order valence-electron chi connectivity index (χ3n) is 0.724. The predicted molar refractivity (Wildman–Crippen MR) is 51.3 cm³/mol. The molecular formula is C5H4N4O4S2. The summed E-state index contributed by atoms with van der Waals surface area (Å²) in [5.74, 6) is 0. The highest BCUT2D eigenvalue weighted by Gasteiger charge is 2.06. The summed E-state index contributed by atoms with van der Waals surface area (Å²) in [6, 6.07) is 1.83. The fourth-order valence-corrected chi connectivity index (χ4v) is 1.15. The Hall–Kier alpha value is -1.73. The van der Waals surface area contributed by atoms with Gasteiger partial charge in [-0.3, -0.25) is 5.10 Å². The number of aromatic amines is 1. The smallest absolute Gasteiger partial charge is 0.286 e. The first-order valence-electron chi connectivity index (χ1n) is 3.16. The fourth-order valence-electron chi connectivity index (χ4n) is 0.340. The number of carbonyl (C=O) groups excluding carboxylic acids is 2. The number of H-pyrrole nitrogens is 1. The Bertz CT molecular complexity index is 438. The standard InChI is InChI=1S/C3H4N2.C2N2O4S2/c1-2-4-5-3-1;5-1-3-9-10(7,8)4-2-6/h1-3H,(H,4,5);. The second-order valence-electron chi connectivity index (χ2n) is 1.63. The molecule has 0 saturated heterocycles. The van der Waals surface area contributed by atoms with Crippen molar-refractivity contribution >= 4 is 32.2 Å². The first kappa shape index (κ1) is 13.3. The van der Waals surface area contributed by atoms with E-state index in [4.69, 9.17) is 0 Å². The van der Waals surface area contributed by atoms with Crippen LogP contribution < -0.4 is 0 Å². The molecule has 0 amide bonds. The van der Waals surface area contributed by atoms with Gasteiger partial charge in [0.2, 0.25) is 6.08 Å². The number of hydrogen-bond donors (Lipinski definition) is 1. The number of hydrogen-bond acceptors (Lipinski definition) is 7. The van der Waals surface area contributed by atoms with Crippen LogP contribution in [0.25, 0.3) is 0 Å². The maximum atomic E-state index is 10.3. The maximum absolute atomic E-state index is 10.3. The van der Waals surface area contributed by atoms with Crippen LogP contribution >= 0.6 is 11.0 Å². The van der Waals surface area contributed by atoms with Gasteiger partial charge >= 0.3 is 9.06 Å². The molecule has 0 aliphatic rings. The summed E-state index contributed by atoms with van der Waals surface area (Å²) in [5, 5.41) is 6.21. The van der Waals surface area contributed by atoms with Gasteiger partial charge in [-0.1, -0.05) is 4.40 Å². The first-order chi connectivity index (χ1) is 7.12. The molecule has 1 rings (SSSR count). The molecule has 0 bridgehead atoms. The summed E-state index contributed by atoms with van der Waals surface area (Å²) >= 11 is 0. The molecule has 0 aliphatic heterocycles. The van der Waals surface area contributed by atoms with E-state index in [2.05, 4.69) is 19.0 Å². The molecule has 15 heavy (non-hydrogen) atoms. The average molecular weight is 248 g/mol. The topological polar surface area (TPSA) is 122 Å². The van der Waals surface area contributed by atoms with Crippen LogP contribution in [-0.2, 0) is 18.6 Å². The van der Waals surface area contributed by atoms with Crippen molar-refractivity contribution in [3.05, 3.63) is 18.5 Å². The molecular weight excluding hydrogens is 244 g/mol. The Morgan fingerprint density at radius 1 is 1.33 bits per heavy atom. The highest BCUT2D eigenvalue weighted by Crippen LogP contribution is 2.12. The lowest BCUT2D eigenvalue weighted by Gasteiger charge is -1.79. The number of isocyanates is 2. The van der Waals surface area contributed by atoms with Gasteiger partial charge in [0.25, 0.3) is 6.08 Å². The molecule has 0 aromatic carbocycles. The lowest BCUT2D eigenvalue weighted by Crippen LogP contribution is -1.83. The third kappa shape index (κ3) is 8.60. The minimum atomic E-state index is -4.00. The molecule has 0 atom stereocenters. The normalized spacial score (nSPS) is 8.80. The van der Waals surface area contributed by atoms with Crippen LogP contribution in [0.1, 0.15) is 0 Å². The molecule has 0 unspecified atom stereocenters. The van der Waals surface area contributed by atoms with Crippen molar-refractivity contribution in [3.8, 4) is 0 Å². The van der Waals surface area contributed by atoms with Crippen LogP contribution in [0.15, 0.2) is 27.3 Å². The average Bonchev–Trinajstić information content (AvgIpc) is 2.72. The van der Waals surface area contributed by atoms with Crippen molar-refractivity contribution in [2.24, 2.45) is 8.80 Å². The van der Waals surface area contributed by atoms with Crippen molar-refractivity contribution < 1.29 is 18.0 Å². The van der Waals surface area contributed by atoms with Crippen LogP contribution in [0.3, 0.4) is 0 Å². The molecule has 0 fully saturated rings. The van der Waals surface area contributed by atoms with Crippen LogP contribution in [-0.4, -0.2) is 30.8 Å². The third-order valence-corrected chi connectivity index (χ3v) is 2.37. The van der Waals surface area contributed by atoms with E-state index >= 15 is 0 Å². The van der Waals surface area contributed by atoms with Crippen LogP contribution in [0.2, 0.25) is 0 Å². The first-order valence-corrected chi connectivity index (χ1v) is 5.89. The second-order valence-corrected chi connectivity index (χ2v) is 4.71. The Balaban J connectivity index is 0.000000322. The zero-order valence-corrected chi connectivity index (χ0v) is 8.66. The lowest BCUT2D eigenvalue weighted by atomic mass is 10.8. The van der Waals surface area contributed by atoms with Gasteiger partial charge in [0.15, 0.2) is 0 Å². The quantitative estimate of drug-likeness (QED) is 0.346. The largest absolute Gasteiger partial charge is 0.339 e. The Morgan fingerprint density at radius 2 is 2.07 bits per heavy atom. The molecule has 0 spiro atoms. The van der Waals surface area contributed by atoms with E-state index in [0.29, 0.717) is 0 Å². The Labute approximate surface area is 88.1 Å². The van der Waals surface area contributed by atoms with Crippen molar-refractivity contribution in [2.45, 2.75) is 0 Å². The maximum Gasteiger partial charge on any atom is 0.339 e. The van der Waals surface area contributed by atoms with E-state index in [1.54, 1.807) is 12.4 Å². The SMILES string of the molecule is O=C=NSS(=O)(=O)N=C=O.c1cn[nH]c1. The Morgan fingerprint density at radius 3 is 2.40 bits per heavy atom. The van der Waals surface area contributed by atoms with E-state index in [1.165, 1.54) is 0 Å². The summed E-state index contributed by atoms with van der Waals surface area (Å²) in [6.07, 6.45) is 5.20. The van der Waals surface area contributed by atoms with Gasteiger partial charge in [0.05, 0.1) is 0 Å². The summed E-state index contributed by atoms with van der Waals surface area (Å²) in [4.78, 5) is 18.7. The van der Waals surface area contributed by atoms with E-state index in [1.807, 2.05) is 6.07 Å². The molecule has 1 N–H and O–H groups in total. The van der Waals surface area contributed by atoms with Crippen LogP contribution in [0, 0.1) is 0 Å². The minimum Gasteiger partial charge on any atom is -0.286 e. The van der Waals surface area contributed by atoms with Crippen LogP contribution in [0.5, 0.6) is 0 Å². The van der Waals surface area contributed by atoms with Gasteiger partial charge in [-0.2, -0.15) is 13.5 Å². The van der Waals surface area contributed by atoms with Gasteiger partial charge in [0.1, 0.15) is 11.0 Å².